The second-order valence-corrected chi connectivity index (χ2v) is 21.6. The molecule has 0 aromatic heterocycles. The van der Waals surface area contributed by atoms with Gasteiger partial charge in [0.05, 0.1) is 18.8 Å². The monoisotopic (exact) mass is 493 g/mol. The van der Waals surface area contributed by atoms with Crippen molar-refractivity contribution in [2.24, 2.45) is 5.92 Å². The van der Waals surface area contributed by atoms with Crippen molar-refractivity contribution in [3.05, 3.63) is 10.6 Å². The molecular formula is C22H48BrNO2Si2. The average Bonchev–Trinajstić information content (AvgIpc) is 2.50. The number of hydrogen-bond acceptors (Lipinski definition) is 3. The number of nitrogens with one attached hydrogen (secondary N) is 1. The minimum Gasteiger partial charge on any atom is -0.415 e. The maximum Gasteiger partial charge on any atom is 0.192 e. The highest BCUT2D eigenvalue weighted by Gasteiger charge is 2.43. The Labute approximate surface area is 186 Å². The van der Waals surface area contributed by atoms with Gasteiger partial charge in [0.15, 0.2) is 16.6 Å². The first-order valence-electron chi connectivity index (χ1n) is 10.7. The predicted molar refractivity (Wildman–Crippen MR) is 135 cm³/mol. The van der Waals surface area contributed by atoms with Crippen molar-refractivity contribution in [2.75, 3.05) is 13.2 Å². The van der Waals surface area contributed by atoms with E-state index >= 15 is 0 Å². The number of hydrogen-bond donors (Lipinski definition) is 1. The van der Waals surface area contributed by atoms with E-state index in [2.05, 4.69) is 110 Å². The number of rotatable bonds is 10. The van der Waals surface area contributed by atoms with Crippen molar-refractivity contribution in [2.45, 2.75) is 111 Å². The molecule has 1 N–H and O–H groups in total. The van der Waals surface area contributed by atoms with E-state index in [4.69, 9.17) is 8.85 Å². The minimum absolute atomic E-state index is 0.133. The lowest BCUT2D eigenvalue weighted by atomic mass is 10.00. The molecule has 0 fully saturated rings. The molecule has 0 aliphatic carbocycles. The molecule has 0 aromatic rings. The van der Waals surface area contributed by atoms with Gasteiger partial charge in [-0.3, -0.25) is 0 Å². The second kappa shape index (κ2) is 10.7. The summed E-state index contributed by atoms with van der Waals surface area (Å²) in [6.45, 7) is 31.4. The molecular weight excluding hydrogens is 446 g/mol. The van der Waals surface area contributed by atoms with Gasteiger partial charge in [-0.15, -0.1) is 0 Å². The van der Waals surface area contributed by atoms with Crippen LogP contribution < -0.4 is 5.32 Å². The van der Waals surface area contributed by atoms with Crippen LogP contribution in [0.25, 0.3) is 0 Å². The Bertz CT molecular complexity index is 506. The Balaban J connectivity index is 5.63. The maximum absolute atomic E-state index is 6.92. The molecule has 0 heterocycles. The highest BCUT2D eigenvalue weighted by molar-refractivity contribution is 9.11. The Kier molecular flexibility index (Phi) is 10.9. The fourth-order valence-electron chi connectivity index (χ4n) is 2.32. The number of halogens is 1. The van der Waals surface area contributed by atoms with Crippen molar-refractivity contribution in [1.82, 2.24) is 5.32 Å². The van der Waals surface area contributed by atoms with Gasteiger partial charge in [-0.25, -0.2) is 0 Å². The van der Waals surface area contributed by atoms with Gasteiger partial charge in [-0.2, -0.15) is 0 Å². The van der Waals surface area contributed by atoms with E-state index in [0.717, 1.165) is 6.54 Å². The summed E-state index contributed by atoms with van der Waals surface area (Å²) in [5.74, 6) is 0.419. The van der Waals surface area contributed by atoms with E-state index in [1.165, 1.54) is 5.57 Å². The first-order chi connectivity index (χ1) is 12.4. The Morgan fingerprint density at radius 1 is 0.964 bits per heavy atom. The Morgan fingerprint density at radius 3 is 1.79 bits per heavy atom. The molecule has 0 aliphatic heterocycles. The fourth-order valence-corrected chi connectivity index (χ4v) is 4.98. The van der Waals surface area contributed by atoms with Crippen LogP contribution in [-0.2, 0) is 8.85 Å². The maximum atomic E-state index is 6.92. The van der Waals surface area contributed by atoms with Crippen molar-refractivity contribution < 1.29 is 8.85 Å². The topological polar surface area (TPSA) is 30.5 Å². The van der Waals surface area contributed by atoms with E-state index in [9.17, 15) is 0 Å². The molecule has 6 heteroatoms. The molecule has 0 aliphatic rings. The molecule has 2 atom stereocenters. The van der Waals surface area contributed by atoms with E-state index < -0.39 is 16.6 Å². The lowest BCUT2D eigenvalue weighted by molar-refractivity contribution is 0.0677. The Hall–Kier alpha value is 0.534. The van der Waals surface area contributed by atoms with Gasteiger partial charge in [0.25, 0.3) is 0 Å². The van der Waals surface area contributed by atoms with Gasteiger partial charge in [0, 0.05) is 6.54 Å². The van der Waals surface area contributed by atoms with Crippen molar-refractivity contribution in [3.8, 4) is 0 Å². The summed E-state index contributed by atoms with van der Waals surface area (Å²) in [6, 6.07) is 0.172. The van der Waals surface area contributed by atoms with Gasteiger partial charge in [0.1, 0.15) is 0 Å². The zero-order valence-corrected chi connectivity index (χ0v) is 24.5. The molecule has 0 aromatic carbocycles. The lowest BCUT2D eigenvalue weighted by Gasteiger charge is -2.44. The molecule has 28 heavy (non-hydrogen) atoms. The molecule has 0 bridgehead atoms. The molecule has 3 nitrogen and oxygen atoms in total. The van der Waals surface area contributed by atoms with Crippen LogP contribution in [0, 0.1) is 5.92 Å². The van der Waals surface area contributed by atoms with Crippen LogP contribution in [0.4, 0.5) is 0 Å². The predicted octanol–water partition coefficient (Wildman–Crippen LogP) is 7.31. The summed E-state index contributed by atoms with van der Waals surface area (Å²) in [4.78, 5) is 1.99. The van der Waals surface area contributed by atoms with Crippen molar-refractivity contribution >= 4 is 32.6 Å². The standard InChI is InChI=1S/C22H48BrNO2Si2/c1-17(2)20(26-28(12,13)22(7,8)9)19(24-15-18(3)14-23)16-25-27(10,11)21(4,5)6/h14,17,19-20,24H,15-16H2,1-13H3/b18-14+/t19-,20+/m1/s1. The third kappa shape index (κ3) is 8.72. The summed E-state index contributed by atoms with van der Waals surface area (Å²) < 4.78 is 13.6. The van der Waals surface area contributed by atoms with Crippen molar-refractivity contribution in [3.63, 3.8) is 0 Å². The second-order valence-electron chi connectivity index (χ2n) is 11.6. The van der Waals surface area contributed by atoms with Crippen LogP contribution in [0.15, 0.2) is 10.6 Å². The molecule has 0 saturated heterocycles. The zero-order chi connectivity index (χ0) is 22.6. The first kappa shape index (κ1) is 28.5. The molecule has 0 rings (SSSR count). The highest BCUT2D eigenvalue weighted by Crippen LogP contribution is 2.39. The summed E-state index contributed by atoms with van der Waals surface area (Å²) in [7, 11) is -3.69. The molecule has 168 valence electrons. The third-order valence-corrected chi connectivity index (χ3v) is 16.3. The van der Waals surface area contributed by atoms with Crippen LogP contribution >= 0.6 is 15.9 Å². The van der Waals surface area contributed by atoms with E-state index in [1.807, 2.05) is 4.99 Å². The van der Waals surface area contributed by atoms with E-state index in [0.29, 0.717) is 12.5 Å². The molecule has 0 amide bonds. The van der Waals surface area contributed by atoms with Gasteiger partial charge in [0.2, 0.25) is 0 Å². The van der Waals surface area contributed by atoms with Gasteiger partial charge >= 0.3 is 0 Å². The summed E-state index contributed by atoms with van der Waals surface area (Å²) in [6.07, 6.45) is 0.133. The Morgan fingerprint density at radius 2 is 1.43 bits per heavy atom. The van der Waals surface area contributed by atoms with Gasteiger partial charge in [-0.05, 0) is 54.1 Å². The smallest absolute Gasteiger partial charge is 0.192 e. The van der Waals surface area contributed by atoms with Crippen LogP contribution in [0.2, 0.25) is 36.3 Å². The summed E-state index contributed by atoms with van der Waals surface area (Å²) >= 11 is 3.45. The van der Waals surface area contributed by atoms with Gasteiger partial charge in [-0.1, -0.05) is 76.9 Å². The molecule has 0 saturated carbocycles. The quantitative estimate of drug-likeness (QED) is 0.323. The van der Waals surface area contributed by atoms with Crippen LogP contribution in [-0.4, -0.2) is 41.9 Å². The first-order valence-corrected chi connectivity index (χ1v) is 17.4. The minimum atomic E-state index is -1.88. The zero-order valence-electron chi connectivity index (χ0n) is 20.9. The molecule has 0 unspecified atom stereocenters. The summed E-state index contributed by atoms with van der Waals surface area (Å²) in [5.41, 5.74) is 1.27. The SMILES string of the molecule is C/C(=C\Br)CN[C@H](CO[Si](C)(C)C(C)(C)C)[C@@H](O[Si](C)(C)C(C)(C)C)C(C)C. The third-order valence-electron chi connectivity index (χ3n) is 6.55. The largest absolute Gasteiger partial charge is 0.415 e. The highest BCUT2D eigenvalue weighted by atomic mass is 79.9. The van der Waals surface area contributed by atoms with Crippen LogP contribution in [0.5, 0.6) is 0 Å². The normalized spacial score (nSPS) is 17.2. The lowest BCUT2D eigenvalue weighted by Crippen LogP contribution is -2.55. The van der Waals surface area contributed by atoms with E-state index in [-0.39, 0.29) is 22.2 Å². The van der Waals surface area contributed by atoms with Crippen molar-refractivity contribution in [1.29, 1.82) is 0 Å². The van der Waals surface area contributed by atoms with Crippen LogP contribution in [0.3, 0.4) is 0 Å². The van der Waals surface area contributed by atoms with Crippen LogP contribution in [0.1, 0.15) is 62.3 Å². The van der Waals surface area contributed by atoms with Gasteiger partial charge < -0.3 is 14.2 Å². The van der Waals surface area contributed by atoms with E-state index in [1.54, 1.807) is 0 Å². The molecule has 0 radical (unpaired) electrons. The summed E-state index contributed by atoms with van der Waals surface area (Å²) in [5, 5.41) is 4.14. The molecule has 0 spiro atoms. The average molecular weight is 495 g/mol. The fraction of sp³-hybridized carbons (Fsp3) is 0.909.